The van der Waals surface area contributed by atoms with Crippen LogP contribution in [0.1, 0.15) is 26.4 Å². The lowest BCUT2D eigenvalue weighted by atomic mass is 10.1. The molecule has 0 spiro atoms. The Morgan fingerprint density at radius 2 is 2.14 bits per heavy atom. The molecule has 7 heteroatoms. The Hall–Kier alpha value is -2.03. The van der Waals surface area contributed by atoms with E-state index in [4.69, 9.17) is 16.3 Å². The molecule has 3 aromatic rings. The lowest BCUT2D eigenvalue weighted by Crippen LogP contribution is -2.23. The summed E-state index contributed by atoms with van der Waals surface area (Å²) < 4.78 is 7.05. The lowest BCUT2D eigenvalue weighted by Gasteiger charge is -2.17. The highest BCUT2D eigenvalue weighted by atomic mass is 127. The van der Waals surface area contributed by atoms with Gasteiger partial charge in [-0.25, -0.2) is 0 Å². The molecule has 2 aromatic carbocycles. The average molecular weight is 537 g/mol. The maximum absolute atomic E-state index is 13.2. The molecule has 0 saturated carbocycles. The molecule has 0 radical (unpaired) electrons. The average Bonchev–Trinajstić information content (AvgIpc) is 3.26. The number of hydrogen-bond acceptors (Lipinski definition) is 4. The fraction of sp³-hybridized carbons (Fsp3) is 0.136. The number of nitrogens with zero attached hydrogens (tertiary/aromatic N) is 1. The van der Waals surface area contributed by atoms with Crippen LogP contribution >= 0.6 is 45.5 Å². The van der Waals surface area contributed by atoms with E-state index in [1.54, 1.807) is 7.11 Å². The minimum Gasteiger partial charge on any atom is -0.496 e. The number of hydrogen-bond donors (Lipinski definition) is 1. The summed E-state index contributed by atoms with van der Waals surface area (Å²) in [4.78, 5) is 16.0. The summed E-state index contributed by atoms with van der Waals surface area (Å²) in [5.41, 5.74) is 4.29. The van der Waals surface area contributed by atoms with Crippen LogP contribution in [0.15, 0.2) is 55.1 Å². The summed E-state index contributed by atoms with van der Waals surface area (Å²) in [6.07, 6.45) is 0. The van der Waals surface area contributed by atoms with Crippen LogP contribution in [0.25, 0.3) is 5.70 Å². The van der Waals surface area contributed by atoms with E-state index in [1.165, 1.54) is 11.3 Å². The minimum absolute atomic E-state index is 0.0194. The molecule has 0 saturated heterocycles. The van der Waals surface area contributed by atoms with Crippen molar-refractivity contribution in [1.29, 1.82) is 0 Å². The predicted octanol–water partition coefficient (Wildman–Crippen LogP) is 6.25. The number of methoxy groups -OCH3 is 1. The highest BCUT2D eigenvalue weighted by Gasteiger charge is 2.30. The van der Waals surface area contributed by atoms with Crippen molar-refractivity contribution in [1.82, 2.24) is 4.90 Å². The van der Waals surface area contributed by atoms with Gasteiger partial charge in [0.2, 0.25) is 0 Å². The molecule has 0 unspecified atom stereocenters. The quantitative estimate of drug-likeness (QED) is 0.379. The van der Waals surface area contributed by atoms with Crippen molar-refractivity contribution in [3.63, 3.8) is 0 Å². The van der Waals surface area contributed by atoms with Gasteiger partial charge in [-0.05, 0) is 64.0 Å². The van der Waals surface area contributed by atoms with Gasteiger partial charge in [-0.3, -0.25) is 4.79 Å². The van der Waals surface area contributed by atoms with E-state index in [9.17, 15) is 4.79 Å². The summed E-state index contributed by atoms with van der Waals surface area (Å²) >= 11 is 9.73. The second-order valence-corrected chi connectivity index (χ2v) is 9.55. The van der Waals surface area contributed by atoms with E-state index >= 15 is 0 Å². The zero-order chi connectivity index (χ0) is 20.5. The molecule has 1 aliphatic heterocycles. The number of rotatable bonds is 6. The van der Waals surface area contributed by atoms with E-state index in [2.05, 4.69) is 40.6 Å². The molecule has 4 rings (SSSR count). The van der Waals surface area contributed by atoms with Gasteiger partial charge >= 0.3 is 0 Å². The molecule has 148 valence electrons. The van der Waals surface area contributed by atoms with Crippen LogP contribution in [0.5, 0.6) is 5.75 Å². The summed E-state index contributed by atoms with van der Waals surface area (Å²) in [5.74, 6) is 0.856. The first-order valence-electron chi connectivity index (χ1n) is 8.91. The number of benzene rings is 2. The summed E-state index contributed by atoms with van der Waals surface area (Å²) in [7, 11) is 1.66. The number of carbonyl (C=O) groups is 1. The first-order chi connectivity index (χ1) is 14.0. The van der Waals surface area contributed by atoms with Gasteiger partial charge in [-0.1, -0.05) is 36.4 Å². The summed E-state index contributed by atoms with van der Waals surface area (Å²) in [6.45, 7) is 5.24. The minimum atomic E-state index is 0.0194. The van der Waals surface area contributed by atoms with Crippen molar-refractivity contribution < 1.29 is 9.53 Å². The Kier molecular flexibility index (Phi) is 5.85. The number of halogens is 2. The van der Waals surface area contributed by atoms with Gasteiger partial charge in [-0.15, -0.1) is 11.3 Å². The van der Waals surface area contributed by atoms with Crippen molar-refractivity contribution in [3.05, 3.63) is 84.6 Å². The number of fused-ring (bicyclic) bond motifs is 1. The standard InChI is InChI=1S/C22H18ClIN2O2S/c1-13(19-8-9-20(23)29-19)25-17-5-3-4-15-12-26(22(27)21(15)17)11-14-6-7-18(28-2)16(24)10-14/h3-10,25H,1,11-12H2,2H3. The zero-order valence-corrected chi connectivity index (χ0v) is 19.4. The van der Waals surface area contributed by atoms with E-state index in [-0.39, 0.29) is 5.91 Å². The number of ether oxygens (including phenoxy) is 1. The molecule has 1 aliphatic rings. The van der Waals surface area contributed by atoms with Crippen molar-refractivity contribution >= 4 is 62.8 Å². The first-order valence-corrected chi connectivity index (χ1v) is 11.2. The fourth-order valence-corrected chi connectivity index (χ4v) is 5.15. The predicted molar refractivity (Wildman–Crippen MR) is 128 cm³/mol. The van der Waals surface area contributed by atoms with Crippen molar-refractivity contribution in [2.45, 2.75) is 13.1 Å². The van der Waals surface area contributed by atoms with Crippen molar-refractivity contribution in [2.75, 3.05) is 12.4 Å². The van der Waals surface area contributed by atoms with Gasteiger partial charge in [0.25, 0.3) is 5.91 Å². The lowest BCUT2D eigenvalue weighted by molar-refractivity contribution is 0.0767. The number of carbonyl (C=O) groups excluding carboxylic acids is 1. The van der Waals surface area contributed by atoms with Crippen LogP contribution in [0.2, 0.25) is 4.34 Å². The van der Waals surface area contributed by atoms with Crippen LogP contribution in [-0.2, 0) is 13.1 Å². The second-order valence-electron chi connectivity index (χ2n) is 6.68. The number of anilines is 1. The highest BCUT2D eigenvalue weighted by molar-refractivity contribution is 14.1. The topological polar surface area (TPSA) is 41.6 Å². The second kappa shape index (κ2) is 8.38. The van der Waals surface area contributed by atoms with Gasteiger partial charge in [0, 0.05) is 18.8 Å². The molecular weight excluding hydrogens is 519 g/mol. The molecule has 2 heterocycles. The molecule has 0 fully saturated rings. The Morgan fingerprint density at radius 3 is 2.83 bits per heavy atom. The summed E-state index contributed by atoms with van der Waals surface area (Å²) in [5, 5.41) is 3.30. The van der Waals surface area contributed by atoms with Crippen molar-refractivity contribution in [3.8, 4) is 5.75 Å². The molecule has 4 nitrogen and oxygen atoms in total. The number of thiophene rings is 1. The third-order valence-corrected chi connectivity index (χ3v) is 6.89. The first kappa shape index (κ1) is 20.3. The summed E-state index contributed by atoms with van der Waals surface area (Å²) in [6, 6.07) is 15.6. The molecular formula is C22H18ClIN2O2S. The van der Waals surface area contributed by atoms with Gasteiger partial charge in [-0.2, -0.15) is 0 Å². The van der Waals surface area contributed by atoms with E-state index in [0.29, 0.717) is 23.0 Å². The van der Waals surface area contributed by atoms with Gasteiger partial charge in [0.15, 0.2) is 0 Å². The Morgan fingerprint density at radius 1 is 1.31 bits per heavy atom. The maximum Gasteiger partial charge on any atom is 0.256 e. The molecule has 0 bridgehead atoms. The van der Waals surface area contributed by atoms with E-state index < -0.39 is 0 Å². The SMILES string of the molecule is C=C(Nc1cccc2c1C(=O)N(Cc1ccc(OC)c(I)c1)C2)c1ccc(Cl)s1. The van der Waals surface area contributed by atoms with Crippen LogP contribution < -0.4 is 10.1 Å². The number of nitrogens with one attached hydrogen (secondary N) is 1. The van der Waals surface area contributed by atoms with Gasteiger partial charge < -0.3 is 15.0 Å². The van der Waals surface area contributed by atoms with Crippen LogP contribution in [0.4, 0.5) is 5.69 Å². The van der Waals surface area contributed by atoms with E-state index in [1.807, 2.05) is 47.4 Å². The molecule has 0 aliphatic carbocycles. The van der Waals surface area contributed by atoms with Crippen LogP contribution in [0, 0.1) is 3.57 Å². The zero-order valence-electron chi connectivity index (χ0n) is 15.7. The Labute approximate surface area is 192 Å². The van der Waals surface area contributed by atoms with E-state index in [0.717, 1.165) is 36.7 Å². The number of amides is 1. The molecule has 1 N–H and O–H groups in total. The van der Waals surface area contributed by atoms with Gasteiger partial charge in [0.05, 0.1) is 31.1 Å². The Bertz CT molecular complexity index is 1110. The maximum atomic E-state index is 13.2. The third kappa shape index (κ3) is 4.15. The smallest absolute Gasteiger partial charge is 0.256 e. The largest absolute Gasteiger partial charge is 0.496 e. The molecule has 1 aromatic heterocycles. The van der Waals surface area contributed by atoms with Crippen LogP contribution in [0.3, 0.4) is 0 Å². The monoisotopic (exact) mass is 536 g/mol. The highest BCUT2D eigenvalue weighted by Crippen LogP contribution is 2.34. The fourth-order valence-electron chi connectivity index (χ4n) is 3.38. The third-order valence-electron chi connectivity index (χ3n) is 4.76. The normalized spacial score (nSPS) is 12.8. The van der Waals surface area contributed by atoms with Crippen molar-refractivity contribution in [2.24, 2.45) is 0 Å². The molecule has 29 heavy (non-hydrogen) atoms. The Balaban J connectivity index is 1.55. The van der Waals surface area contributed by atoms with Gasteiger partial charge in [0.1, 0.15) is 5.75 Å². The molecule has 1 amide bonds. The van der Waals surface area contributed by atoms with Crippen LogP contribution in [-0.4, -0.2) is 17.9 Å². The molecule has 0 atom stereocenters.